The van der Waals surface area contributed by atoms with Gasteiger partial charge in [-0.2, -0.15) is 4.98 Å². The van der Waals surface area contributed by atoms with Crippen LogP contribution >= 0.6 is 0 Å². The van der Waals surface area contributed by atoms with E-state index in [2.05, 4.69) is 58.6 Å². The van der Waals surface area contributed by atoms with Crippen molar-refractivity contribution in [3.05, 3.63) is 41.2 Å². The van der Waals surface area contributed by atoms with Crippen LogP contribution < -0.4 is 11.1 Å². The molecule has 0 atom stereocenters. The maximum absolute atomic E-state index is 11.8. The van der Waals surface area contributed by atoms with Gasteiger partial charge in [0, 0.05) is 6.42 Å². The second kappa shape index (κ2) is 6.99. The first kappa shape index (κ1) is 15.2. The standard InChI is InChI=1S/C15H21N5O/c1-10(2)12-6-3-11(4-7-12)5-8-14(21)18-15-17-13(9-16)19-20-15/h3-4,6-7,10H,5,8-9,16H2,1-2H3,(H2,17,18,19,20,21). The Morgan fingerprint density at radius 2 is 2.05 bits per heavy atom. The Morgan fingerprint density at radius 3 is 2.62 bits per heavy atom. The highest BCUT2D eigenvalue weighted by atomic mass is 16.1. The second-order valence-electron chi connectivity index (χ2n) is 5.25. The van der Waals surface area contributed by atoms with Crippen molar-refractivity contribution in [2.24, 2.45) is 5.73 Å². The molecule has 0 radical (unpaired) electrons. The molecule has 0 spiro atoms. The summed E-state index contributed by atoms with van der Waals surface area (Å²) in [5.74, 6) is 1.24. The van der Waals surface area contributed by atoms with E-state index >= 15 is 0 Å². The molecule has 1 heterocycles. The van der Waals surface area contributed by atoms with Gasteiger partial charge in [-0.1, -0.05) is 38.1 Å². The number of aryl methyl sites for hydroxylation is 1. The van der Waals surface area contributed by atoms with Gasteiger partial charge >= 0.3 is 0 Å². The zero-order valence-corrected chi connectivity index (χ0v) is 12.4. The first-order valence-electron chi connectivity index (χ1n) is 7.08. The largest absolute Gasteiger partial charge is 0.324 e. The first-order chi connectivity index (χ1) is 10.1. The number of nitrogens with one attached hydrogen (secondary N) is 2. The third kappa shape index (κ3) is 4.39. The van der Waals surface area contributed by atoms with E-state index in [-0.39, 0.29) is 18.4 Å². The van der Waals surface area contributed by atoms with Gasteiger partial charge in [0.2, 0.25) is 11.9 Å². The van der Waals surface area contributed by atoms with Crippen molar-refractivity contribution in [1.29, 1.82) is 0 Å². The lowest BCUT2D eigenvalue weighted by Crippen LogP contribution is -2.13. The van der Waals surface area contributed by atoms with Crippen LogP contribution in [0.25, 0.3) is 0 Å². The summed E-state index contributed by atoms with van der Waals surface area (Å²) < 4.78 is 0. The third-order valence-corrected chi connectivity index (χ3v) is 3.26. The third-order valence-electron chi connectivity index (χ3n) is 3.26. The number of anilines is 1. The Hall–Kier alpha value is -2.21. The van der Waals surface area contributed by atoms with Crippen molar-refractivity contribution in [2.75, 3.05) is 5.32 Å². The smallest absolute Gasteiger partial charge is 0.248 e. The molecule has 0 aliphatic rings. The van der Waals surface area contributed by atoms with Crippen molar-refractivity contribution < 1.29 is 4.79 Å². The summed E-state index contributed by atoms with van der Waals surface area (Å²) in [5.41, 5.74) is 7.87. The van der Waals surface area contributed by atoms with E-state index in [9.17, 15) is 4.79 Å². The molecule has 6 heteroatoms. The van der Waals surface area contributed by atoms with Crippen LogP contribution in [0.1, 0.15) is 43.1 Å². The Balaban J connectivity index is 1.83. The van der Waals surface area contributed by atoms with E-state index in [1.54, 1.807) is 0 Å². The SMILES string of the molecule is CC(C)c1ccc(CCC(=O)Nc2n[nH]c(CN)n2)cc1. The molecule has 0 saturated carbocycles. The van der Waals surface area contributed by atoms with Crippen molar-refractivity contribution in [3.8, 4) is 0 Å². The maximum Gasteiger partial charge on any atom is 0.248 e. The molecule has 0 saturated heterocycles. The molecular formula is C15H21N5O. The Bertz CT molecular complexity index is 588. The normalized spacial score (nSPS) is 10.9. The summed E-state index contributed by atoms with van der Waals surface area (Å²) in [7, 11) is 0. The summed E-state index contributed by atoms with van der Waals surface area (Å²) in [6.45, 7) is 4.59. The van der Waals surface area contributed by atoms with Crippen molar-refractivity contribution in [1.82, 2.24) is 15.2 Å². The van der Waals surface area contributed by atoms with Gasteiger partial charge in [-0.25, -0.2) is 0 Å². The number of carbonyl (C=O) groups is 1. The molecule has 6 nitrogen and oxygen atoms in total. The number of hydrogen-bond donors (Lipinski definition) is 3. The number of aromatic nitrogens is 3. The molecule has 1 aromatic heterocycles. The van der Waals surface area contributed by atoms with E-state index < -0.39 is 0 Å². The molecule has 2 aromatic rings. The summed E-state index contributed by atoms with van der Waals surface area (Å²) in [5, 5.41) is 9.16. The molecule has 4 N–H and O–H groups in total. The number of carbonyl (C=O) groups excluding carboxylic acids is 1. The Labute approximate surface area is 124 Å². The summed E-state index contributed by atoms with van der Waals surface area (Å²) in [4.78, 5) is 15.9. The van der Waals surface area contributed by atoms with Gasteiger partial charge in [-0.05, 0) is 23.5 Å². The number of hydrogen-bond acceptors (Lipinski definition) is 4. The number of amides is 1. The zero-order valence-electron chi connectivity index (χ0n) is 12.4. The minimum absolute atomic E-state index is 0.106. The van der Waals surface area contributed by atoms with Crippen molar-refractivity contribution >= 4 is 11.9 Å². The van der Waals surface area contributed by atoms with Crippen LogP contribution in [-0.4, -0.2) is 21.1 Å². The van der Waals surface area contributed by atoms with E-state index in [1.165, 1.54) is 5.56 Å². The monoisotopic (exact) mass is 287 g/mol. The van der Waals surface area contributed by atoms with Gasteiger partial charge in [0.1, 0.15) is 5.82 Å². The quantitative estimate of drug-likeness (QED) is 0.756. The maximum atomic E-state index is 11.8. The lowest BCUT2D eigenvalue weighted by molar-refractivity contribution is -0.116. The fourth-order valence-electron chi connectivity index (χ4n) is 1.96. The minimum atomic E-state index is -0.106. The Kier molecular flexibility index (Phi) is 5.05. The van der Waals surface area contributed by atoms with Gasteiger partial charge in [0.25, 0.3) is 0 Å². The van der Waals surface area contributed by atoms with E-state index in [0.29, 0.717) is 24.6 Å². The number of nitrogens with two attached hydrogens (primary N) is 1. The number of H-pyrrole nitrogens is 1. The lowest BCUT2D eigenvalue weighted by atomic mass is 10.0. The van der Waals surface area contributed by atoms with E-state index in [0.717, 1.165) is 5.56 Å². The molecule has 0 bridgehead atoms. The number of benzene rings is 1. The average molecular weight is 287 g/mol. The molecular weight excluding hydrogens is 266 g/mol. The average Bonchev–Trinajstić information content (AvgIpc) is 2.93. The van der Waals surface area contributed by atoms with E-state index in [1.807, 2.05) is 0 Å². The summed E-state index contributed by atoms with van der Waals surface area (Å²) in [6, 6.07) is 8.37. The molecule has 0 unspecified atom stereocenters. The highest BCUT2D eigenvalue weighted by Gasteiger charge is 2.07. The fourth-order valence-corrected chi connectivity index (χ4v) is 1.96. The molecule has 2 rings (SSSR count). The lowest BCUT2D eigenvalue weighted by Gasteiger charge is -2.06. The molecule has 1 aromatic carbocycles. The zero-order chi connectivity index (χ0) is 15.2. The Morgan fingerprint density at radius 1 is 1.33 bits per heavy atom. The molecule has 0 fully saturated rings. The van der Waals surface area contributed by atoms with E-state index in [4.69, 9.17) is 5.73 Å². The van der Waals surface area contributed by atoms with Gasteiger partial charge in [0.05, 0.1) is 6.54 Å². The number of aromatic amines is 1. The van der Waals surface area contributed by atoms with Crippen LogP contribution in [-0.2, 0) is 17.8 Å². The predicted octanol–water partition coefficient (Wildman–Crippen LogP) is 1.96. The van der Waals surface area contributed by atoms with Gasteiger partial charge < -0.3 is 5.73 Å². The van der Waals surface area contributed by atoms with Gasteiger partial charge in [-0.3, -0.25) is 15.2 Å². The second-order valence-corrected chi connectivity index (χ2v) is 5.25. The first-order valence-corrected chi connectivity index (χ1v) is 7.08. The van der Waals surface area contributed by atoms with Crippen LogP contribution in [0, 0.1) is 0 Å². The molecule has 21 heavy (non-hydrogen) atoms. The topological polar surface area (TPSA) is 96.7 Å². The minimum Gasteiger partial charge on any atom is -0.324 e. The molecule has 0 aliphatic heterocycles. The van der Waals surface area contributed by atoms with Crippen molar-refractivity contribution in [2.45, 2.75) is 39.2 Å². The number of rotatable bonds is 6. The molecule has 112 valence electrons. The van der Waals surface area contributed by atoms with Crippen LogP contribution in [0.2, 0.25) is 0 Å². The van der Waals surface area contributed by atoms with Crippen LogP contribution in [0.4, 0.5) is 5.95 Å². The highest BCUT2D eigenvalue weighted by molar-refractivity contribution is 5.88. The fraction of sp³-hybridized carbons (Fsp3) is 0.400. The predicted molar refractivity (Wildman–Crippen MR) is 81.8 cm³/mol. The van der Waals surface area contributed by atoms with Crippen LogP contribution in [0.15, 0.2) is 24.3 Å². The summed E-state index contributed by atoms with van der Waals surface area (Å²) in [6.07, 6.45) is 1.09. The number of nitrogens with zero attached hydrogens (tertiary/aromatic N) is 2. The highest BCUT2D eigenvalue weighted by Crippen LogP contribution is 2.15. The molecule has 1 amide bonds. The summed E-state index contributed by atoms with van der Waals surface area (Å²) >= 11 is 0. The van der Waals surface area contributed by atoms with Crippen LogP contribution in [0.5, 0.6) is 0 Å². The van der Waals surface area contributed by atoms with Gasteiger partial charge in [-0.15, -0.1) is 5.10 Å². The van der Waals surface area contributed by atoms with Crippen LogP contribution in [0.3, 0.4) is 0 Å². The van der Waals surface area contributed by atoms with Gasteiger partial charge in [0.15, 0.2) is 0 Å². The van der Waals surface area contributed by atoms with Crippen molar-refractivity contribution in [3.63, 3.8) is 0 Å². The molecule has 0 aliphatic carbocycles.